The van der Waals surface area contributed by atoms with Crippen molar-refractivity contribution in [3.05, 3.63) is 65.9 Å². The number of furan rings is 1. The second kappa shape index (κ2) is 9.39. The van der Waals surface area contributed by atoms with Crippen molar-refractivity contribution in [2.24, 2.45) is 0 Å². The van der Waals surface area contributed by atoms with Gasteiger partial charge in [0, 0.05) is 18.1 Å². The lowest BCUT2D eigenvalue weighted by Gasteiger charge is -2.23. The minimum Gasteiger partial charge on any atom is -0.478 e. The van der Waals surface area contributed by atoms with Crippen molar-refractivity contribution in [1.82, 2.24) is 0 Å². The van der Waals surface area contributed by atoms with Crippen LogP contribution >= 0.6 is 0 Å². The van der Waals surface area contributed by atoms with E-state index in [0.717, 1.165) is 16.5 Å². The number of esters is 1. The number of hydrogen-bond donors (Lipinski definition) is 0. The molecule has 0 bridgehead atoms. The zero-order valence-corrected chi connectivity index (χ0v) is 16.2. The summed E-state index contributed by atoms with van der Waals surface area (Å²) in [4.78, 5) is 11.3. The standard InChI is InChI=1S/C22H24O6/c1-15(21(25-3)16-8-5-4-6-9-16)26-12-17-13-28-22-18(17)10-7-11-19(22)27-14-20(23)24-2/h4-11,13,15,21H,12,14H2,1-3H3. The van der Waals surface area contributed by atoms with Crippen LogP contribution in [0.5, 0.6) is 5.75 Å². The van der Waals surface area contributed by atoms with Crippen LogP contribution in [0, 0.1) is 0 Å². The maximum atomic E-state index is 11.3. The summed E-state index contributed by atoms with van der Waals surface area (Å²) in [5.74, 6) is 0.0358. The average Bonchev–Trinajstić information content (AvgIpc) is 3.15. The van der Waals surface area contributed by atoms with Gasteiger partial charge in [-0.3, -0.25) is 0 Å². The Bertz CT molecular complexity index is 902. The number of fused-ring (bicyclic) bond motifs is 1. The van der Waals surface area contributed by atoms with E-state index < -0.39 is 5.97 Å². The fraction of sp³-hybridized carbons (Fsp3) is 0.318. The van der Waals surface area contributed by atoms with E-state index in [1.807, 2.05) is 49.4 Å². The third-order valence-electron chi connectivity index (χ3n) is 4.53. The number of hydrogen-bond acceptors (Lipinski definition) is 6. The largest absolute Gasteiger partial charge is 0.478 e. The molecule has 0 saturated heterocycles. The Hall–Kier alpha value is -2.83. The Balaban J connectivity index is 1.70. The topological polar surface area (TPSA) is 67.1 Å². The van der Waals surface area contributed by atoms with Gasteiger partial charge in [0.05, 0.1) is 26.1 Å². The minimum atomic E-state index is -0.451. The Labute approximate surface area is 163 Å². The summed E-state index contributed by atoms with van der Waals surface area (Å²) in [5, 5.41) is 0.878. The number of methoxy groups -OCH3 is 2. The van der Waals surface area contributed by atoms with Crippen molar-refractivity contribution in [2.45, 2.75) is 25.7 Å². The maximum absolute atomic E-state index is 11.3. The van der Waals surface area contributed by atoms with Gasteiger partial charge in [0.2, 0.25) is 0 Å². The van der Waals surface area contributed by atoms with Crippen LogP contribution in [0.15, 0.2) is 59.2 Å². The third kappa shape index (κ3) is 4.52. The van der Waals surface area contributed by atoms with Crippen LogP contribution in [0.4, 0.5) is 0 Å². The lowest BCUT2D eigenvalue weighted by atomic mass is 10.1. The molecule has 6 heteroatoms. The van der Waals surface area contributed by atoms with E-state index in [-0.39, 0.29) is 18.8 Å². The van der Waals surface area contributed by atoms with Crippen LogP contribution < -0.4 is 4.74 Å². The van der Waals surface area contributed by atoms with Gasteiger partial charge in [0.25, 0.3) is 0 Å². The first kappa shape index (κ1) is 19.9. The molecule has 0 amide bonds. The Kier molecular flexibility index (Phi) is 6.68. The quantitative estimate of drug-likeness (QED) is 0.513. The van der Waals surface area contributed by atoms with Crippen LogP contribution in [0.1, 0.15) is 24.2 Å². The van der Waals surface area contributed by atoms with E-state index in [1.54, 1.807) is 19.4 Å². The smallest absolute Gasteiger partial charge is 0.343 e. The summed E-state index contributed by atoms with van der Waals surface area (Å²) in [6.45, 7) is 2.17. The number of rotatable bonds is 9. The van der Waals surface area contributed by atoms with E-state index in [2.05, 4.69) is 4.74 Å². The SMILES string of the molecule is COC(=O)COc1cccc2c(COC(C)C(OC)c3ccccc3)coc12. The third-order valence-corrected chi connectivity index (χ3v) is 4.53. The highest BCUT2D eigenvalue weighted by molar-refractivity contribution is 5.86. The number of carbonyl (C=O) groups excluding carboxylic acids is 1. The fourth-order valence-electron chi connectivity index (χ4n) is 3.05. The lowest BCUT2D eigenvalue weighted by molar-refractivity contribution is -0.142. The summed E-state index contributed by atoms with van der Waals surface area (Å²) >= 11 is 0. The summed E-state index contributed by atoms with van der Waals surface area (Å²) in [7, 11) is 2.99. The monoisotopic (exact) mass is 384 g/mol. The minimum absolute atomic E-state index is 0.156. The van der Waals surface area contributed by atoms with Crippen LogP contribution in [0.3, 0.4) is 0 Å². The normalized spacial score (nSPS) is 13.2. The predicted molar refractivity (Wildman–Crippen MR) is 104 cm³/mol. The molecule has 3 aromatic rings. The van der Waals surface area contributed by atoms with Crippen LogP contribution in [-0.4, -0.2) is 32.9 Å². The zero-order chi connectivity index (χ0) is 19.9. The molecule has 2 unspecified atom stereocenters. The van der Waals surface area contributed by atoms with Gasteiger partial charge in [-0.1, -0.05) is 42.5 Å². The molecule has 0 aliphatic heterocycles. The number of para-hydroxylation sites is 1. The Morgan fingerprint density at radius 2 is 1.86 bits per heavy atom. The summed E-state index contributed by atoms with van der Waals surface area (Å²) in [5.41, 5.74) is 2.53. The zero-order valence-electron chi connectivity index (χ0n) is 16.2. The van der Waals surface area contributed by atoms with Crippen molar-refractivity contribution in [3.8, 4) is 5.75 Å². The molecule has 6 nitrogen and oxygen atoms in total. The molecule has 148 valence electrons. The Morgan fingerprint density at radius 1 is 1.07 bits per heavy atom. The molecule has 0 aliphatic rings. The highest BCUT2D eigenvalue weighted by atomic mass is 16.6. The molecule has 0 fully saturated rings. The molecule has 0 radical (unpaired) electrons. The van der Waals surface area contributed by atoms with Gasteiger partial charge >= 0.3 is 5.97 Å². The van der Waals surface area contributed by atoms with Gasteiger partial charge in [-0.2, -0.15) is 0 Å². The molecule has 2 aromatic carbocycles. The molecule has 0 saturated carbocycles. The van der Waals surface area contributed by atoms with Crippen molar-refractivity contribution in [1.29, 1.82) is 0 Å². The Morgan fingerprint density at radius 3 is 2.57 bits per heavy atom. The molecular formula is C22H24O6. The fourth-order valence-corrected chi connectivity index (χ4v) is 3.05. The van der Waals surface area contributed by atoms with E-state index >= 15 is 0 Å². The van der Waals surface area contributed by atoms with Crippen LogP contribution in [0.25, 0.3) is 11.0 Å². The lowest BCUT2D eigenvalue weighted by Crippen LogP contribution is -2.20. The van der Waals surface area contributed by atoms with Crippen molar-refractivity contribution in [3.63, 3.8) is 0 Å². The number of ether oxygens (including phenoxy) is 4. The van der Waals surface area contributed by atoms with Gasteiger partial charge in [-0.05, 0) is 18.6 Å². The highest BCUT2D eigenvalue weighted by Crippen LogP contribution is 2.31. The van der Waals surface area contributed by atoms with E-state index in [1.165, 1.54) is 7.11 Å². The number of benzene rings is 2. The first-order chi connectivity index (χ1) is 13.6. The summed E-state index contributed by atoms with van der Waals surface area (Å²) < 4.78 is 27.4. The van der Waals surface area contributed by atoms with Gasteiger partial charge in [0.1, 0.15) is 6.10 Å². The van der Waals surface area contributed by atoms with Crippen molar-refractivity contribution in [2.75, 3.05) is 20.8 Å². The van der Waals surface area contributed by atoms with Gasteiger partial charge < -0.3 is 23.4 Å². The van der Waals surface area contributed by atoms with E-state index in [4.69, 9.17) is 18.6 Å². The summed E-state index contributed by atoms with van der Waals surface area (Å²) in [6, 6.07) is 15.5. The van der Waals surface area contributed by atoms with Crippen molar-refractivity contribution >= 4 is 16.9 Å². The molecule has 0 spiro atoms. The van der Waals surface area contributed by atoms with E-state index in [0.29, 0.717) is 17.9 Å². The molecule has 0 N–H and O–H groups in total. The highest BCUT2D eigenvalue weighted by Gasteiger charge is 2.20. The van der Waals surface area contributed by atoms with Crippen molar-refractivity contribution < 1.29 is 28.2 Å². The second-order valence-corrected chi connectivity index (χ2v) is 6.34. The summed E-state index contributed by atoms with van der Waals surface area (Å²) in [6.07, 6.45) is 1.32. The first-order valence-electron chi connectivity index (χ1n) is 9.02. The average molecular weight is 384 g/mol. The first-order valence-corrected chi connectivity index (χ1v) is 9.02. The van der Waals surface area contributed by atoms with Gasteiger partial charge in [-0.25, -0.2) is 4.79 Å². The molecule has 28 heavy (non-hydrogen) atoms. The van der Waals surface area contributed by atoms with Crippen LogP contribution in [0.2, 0.25) is 0 Å². The molecular weight excluding hydrogens is 360 g/mol. The number of carbonyl (C=O) groups is 1. The predicted octanol–water partition coefficient (Wildman–Crippen LogP) is 4.28. The second-order valence-electron chi connectivity index (χ2n) is 6.34. The van der Waals surface area contributed by atoms with Crippen LogP contribution in [-0.2, 0) is 25.6 Å². The molecule has 1 aromatic heterocycles. The van der Waals surface area contributed by atoms with E-state index in [9.17, 15) is 4.79 Å². The van der Waals surface area contributed by atoms with Gasteiger partial charge in [0.15, 0.2) is 17.9 Å². The molecule has 2 atom stereocenters. The van der Waals surface area contributed by atoms with Gasteiger partial charge in [-0.15, -0.1) is 0 Å². The molecule has 0 aliphatic carbocycles. The maximum Gasteiger partial charge on any atom is 0.343 e. The molecule has 3 rings (SSSR count). The molecule has 1 heterocycles.